The maximum atomic E-state index is 13.0. The number of anilines is 2. The molecule has 0 bridgehead atoms. The van der Waals surface area contributed by atoms with Gasteiger partial charge in [-0.15, -0.1) is 11.3 Å². The minimum atomic E-state index is -0.217. The summed E-state index contributed by atoms with van der Waals surface area (Å²) >= 11 is 1.33. The van der Waals surface area contributed by atoms with Crippen molar-refractivity contribution in [2.24, 2.45) is 5.92 Å². The highest BCUT2D eigenvalue weighted by Crippen LogP contribution is 2.34. The van der Waals surface area contributed by atoms with Crippen LogP contribution < -0.4 is 10.6 Å². The first-order valence-electron chi connectivity index (χ1n) is 10.0. The number of rotatable bonds is 5. The number of thiophene rings is 1. The maximum Gasteiger partial charge on any atom is 0.266 e. The van der Waals surface area contributed by atoms with E-state index in [1.54, 1.807) is 30.5 Å². The third kappa shape index (κ3) is 3.82. The summed E-state index contributed by atoms with van der Waals surface area (Å²) in [6.07, 6.45) is 3.47. The average molecular weight is 433 g/mol. The fourth-order valence-corrected chi connectivity index (χ4v) is 4.65. The quantitative estimate of drug-likeness (QED) is 0.453. The highest BCUT2D eigenvalue weighted by atomic mass is 32.1. The van der Waals surface area contributed by atoms with Crippen LogP contribution in [0.25, 0.3) is 21.8 Å². The van der Waals surface area contributed by atoms with Gasteiger partial charge < -0.3 is 15.1 Å². The van der Waals surface area contributed by atoms with Crippen molar-refractivity contribution in [2.75, 3.05) is 10.6 Å². The van der Waals surface area contributed by atoms with E-state index in [4.69, 9.17) is 4.42 Å². The molecule has 0 atom stereocenters. The zero-order chi connectivity index (χ0) is 21.5. The molecule has 5 rings (SSSR count). The van der Waals surface area contributed by atoms with Crippen LogP contribution in [0.15, 0.2) is 47.1 Å². The van der Waals surface area contributed by atoms with Crippen LogP contribution in [-0.2, 0) is 4.79 Å². The molecule has 1 aliphatic carbocycles. The summed E-state index contributed by atoms with van der Waals surface area (Å²) < 4.78 is 5.41. The second-order valence-corrected chi connectivity index (χ2v) is 8.64. The lowest BCUT2D eigenvalue weighted by Gasteiger charge is -2.08. The van der Waals surface area contributed by atoms with Crippen molar-refractivity contribution in [1.82, 2.24) is 9.97 Å². The number of aryl methyl sites for hydroxylation is 2. The van der Waals surface area contributed by atoms with Crippen LogP contribution in [-0.4, -0.2) is 21.8 Å². The van der Waals surface area contributed by atoms with E-state index >= 15 is 0 Å². The Bertz CT molecular complexity index is 1310. The molecular formula is C23H20N4O3S. The number of furan rings is 1. The van der Waals surface area contributed by atoms with Crippen molar-refractivity contribution in [3.63, 3.8) is 0 Å². The molecule has 1 aliphatic rings. The highest BCUT2D eigenvalue weighted by molar-refractivity contribution is 7.20. The van der Waals surface area contributed by atoms with Crippen molar-refractivity contribution in [2.45, 2.75) is 26.7 Å². The van der Waals surface area contributed by atoms with Gasteiger partial charge in [-0.1, -0.05) is 6.07 Å². The number of carbonyl (C=O) groups excluding carboxylic acids is 2. The largest absolute Gasteiger partial charge is 0.461 e. The Hall–Kier alpha value is -3.52. The van der Waals surface area contributed by atoms with E-state index in [-0.39, 0.29) is 17.7 Å². The van der Waals surface area contributed by atoms with Crippen LogP contribution >= 0.6 is 11.3 Å². The predicted molar refractivity (Wildman–Crippen MR) is 120 cm³/mol. The minimum Gasteiger partial charge on any atom is -0.461 e. The van der Waals surface area contributed by atoms with Gasteiger partial charge in [0.15, 0.2) is 11.6 Å². The Kier molecular flexibility index (Phi) is 4.78. The topological polar surface area (TPSA) is 97.1 Å². The molecule has 4 aromatic rings. The first kappa shape index (κ1) is 19.4. The van der Waals surface area contributed by atoms with E-state index in [0.29, 0.717) is 27.8 Å². The number of aromatic nitrogens is 2. The zero-order valence-electron chi connectivity index (χ0n) is 17.1. The highest BCUT2D eigenvalue weighted by Gasteiger charge is 2.29. The van der Waals surface area contributed by atoms with E-state index in [1.807, 2.05) is 26.0 Å². The first-order valence-corrected chi connectivity index (χ1v) is 10.8. The van der Waals surface area contributed by atoms with Gasteiger partial charge in [0.05, 0.1) is 16.8 Å². The van der Waals surface area contributed by atoms with Gasteiger partial charge in [-0.3, -0.25) is 9.59 Å². The van der Waals surface area contributed by atoms with E-state index in [9.17, 15) is 9.59 Å². The third-order valence-electron chi connectivity index (χ3n) is 5.25. The molecule has 0 spiro atoms. The van der Waals surface area contributed by atoms with Crippen LogP contribution in [0.3, 0.4) is 0 Å². The summed E-state index contributed by atoms with van der Waals surface area (Å²) in [5.41, 5.74) is 2.94. The summed E-state index contributed by atoms with van der Waals surface area (Å²) in [4.78, 5) is 35.5. The normalized spacial score (nSPS) is 13.4. The predicted octanol–water partition coefficient (Wildman–Crippen LogP) is 5.17. The Morgan fingerprint density at radius 1 is 1.06 bits per heavy atom. The molecule has 3 aromatic heterocycles. The molecule has 31 heavy (non-hydrogen) atoms. The van der Waals surface area contributed by atoms with Crippen molar-refractivity contribution in [3.8, 4) is 11.6 Å². The molecule has 2 N–H and O–H groups in total. The van der Waals surface area contributed by atoms with Crippen molar-refractivity contribution in [1.29, 1.82) is 0 Å². The van der Waals surface area contributed by atoms with Gasteiger partial charge in [0.2, 0.25) is 5.91 Å². The number of hydrogen-bond acceptors (Lipinski definition) is 6. The molecule has 7 nitrogen and oxygen atoms in total. The summed E-state index contributed by atoms with van der Waals surface area (Å²) in [6, 6.07) is 10.8. The van der Waals surface area contributed by atoms with E-state index in [0.717, 1.165) is 34.3 Å². The van der Waals surface area contributed by atoms with Gasteiger partial charge in [-0.05, 0) is 62.6 Å². The van der Waals surface area contributed by atoms with Crippen LogP contribution in [0, 0.1) is 19.8 Å². The number of hydrogen-bond donors (Lipinski definition) is 2. The lowest BCUT2D eigenvalue weighted by Crippen LogP contribution is -2.14. The molecule has 2 amide bonds. The summed E-state index contributed by atoms with van der Waals surface area (Å²) in [6.45, 7) is 3.81. The molecule has 1 fully saturated rings. The summed E-state index contributed by atoms with van der Waals surface area (Å²) in [7, 11) is 0. The fourth-order valence-electron chi connectivity index (χ4n) is 3.52. The molecule has 1 saturated carbocycles. The molecule has 0 saturated heterocycles. The third-order valence-corrected chi connectivity index (χ3v) is 6.44. The van der Waals surface area contributed by atoms with E-state index < -0.39 is 0 Å². The molecule has 3 heterocycles. The fraction of sp³-hybridized carbons (Fsp3) is 0.217. The van der Waals surface area contributed by atoms with Gasteiger partial charge in [-0.25, -0.2) is 9.97 Å². The van der Waals surface area contributed by atoms with Crippen molar-refractivity contribution in [3.05, 3.63) is 58.8 Å². The Labute approximate surface area is 182 Å². The average Bonchev–Trinajstić information content (AvgIpc) is 3.34. The number of amides is 2. The van der Waals surface area contributed by atoms with Gasteiger partial charge in [0.25, 0.3) is 5.91 Å². The van der Waals surface area contributed by atoms with Gasteiger partial charge in [-0.2, -0.15) is 0 Å². The van der Waals surface area contributed by atoms with Crippen LogP contribution in [0.1, 0.15) is 33.8 Å². The Balaban J connectivity index is 1.41. The van der Waals surface area contributed by atoms with Gasteiger partial charge in [0, 0.05) is 22.7 Å². The minimum absolute atomic E-state index is 0.0326. The first-order chi connectivity index (χ1) is 15.0. The Morgan fingerprint density at radius 3 is 2.55 bits per heavy atom. The van der Waals surface area contributed by atoms with E-state index in [1.165, 1.54) is 11.3 Å². The second kappa shape index (κ2) is 7.63. The molecule has 8 heteroatoms. The standard InChI is InChI=1S/C23H20N4O3S/c1-12-18-13(2)24-20(17-7-4-10-30-17)27-23(18)31-19(12)22(29)26-16-6-3-5-15(11-16)25-21(28)14-8-9-14/h3-7,10-11,14H,8-9H2,1-2H3,(H,25,28)(H,26,29). The van der Waals surface area contributed by atoms with Crippen molar-refractivity contribution < 1.29 is 14.0 Å². The van der Waals surface area contributed by atoms with E-state index in [2.05, 4.69) is 20.6 Å². The van der Waals surface area contributed by atoms with Crippen molar-refractivity contribution >= 4 is 44.7 Å². The smallest absolute Gasteiger partial charge is 0.266 e. The van der Waals surface area contributed by atoms with Gasteiger partial charge in [0.1, 0.15) is 4.83 Å². The molecule has 0 aliphatic heterocycles. The molecule has 0 radical (unpaired) electrons. The number of fused-ring (bicyclic) bond motifs is 1. The lowest BCUT2D eigenvalue weighted by atomic mass is 10.1. The summed E-state index contributed by atoms with van der Waals surface area (Å²) in [5.74, 6) is 1.03. The number of nitrogens with one attached hydrogen (secondary N) is 2. The molecule has 0 unspecified atom stereocenters. The second-order valence-electron chi connectivity index (χ2n) is 7.64. The van der Waals surface area contributed by atoms with Crippen LogP contribution in [0.4, 0.5) is 11.4 Å². The maximum absolute atomic E-state index is 13.0. The lowest BCUT2D eigenvalue weighted by molar-refractivity contribution is -0.117. The number of benzene rings is 1. The van der Waals surface area contributed by atoms with Gasteiger partial charge >= 0.3 is 0 Å². The zero-order valence-corrected chi connectivity index (χ0v) is 17.9. The molecular weight excluding hydrogens is 412 g/mol. The summed E-state index contributed by atoms with van der Waals surface area (Å²) in [5, 5.41) is 6.72. The Morgan fingerprint density at radius 2 is 1.84 bits per heavy atom. The monoisotopic (exact) mass is 432 g/mol. The molecule has 156 valence electrons. The van der Waals surface area contributed by atoms with Crippen LogP contribution in [0.2, 0.25) is 0 Å². The number of carbonyl (C=O) groups is 2. The number of nitrogens with zero attached hydrogens (tertiary/aromatic N) is 2. The molecule has 1 aromatic carbocycles. The SMILES string of the molecule is Cc1nc(-c2ccco2)nc2sc(C(=O)Nc3cccc(NC(=O)C4CC4)c3)c(C)c12. The van der Waals surface area contributed by atoms with Crippen LogP contribution in [0.5, 0.6) is 0 Å².